The molecule has 2 N–H and O–H groups in total. The summed E-state index contributed by atoms with van der Waals surface area (Å²) in [5.41, 5.74) is 5.94. The van der Waals surface area contributed by atoms with Crippen LogP contribution in [0.4, 0.5) is 4.39 Å². The molecule has 0 fully saturated rings. The fourth-order valence-electron chi connectivity index (χ4n) is 2.97. The highest BCUT2D eigenvalue weighted by Crippen LogP contribution is 2.19. The molecule has 0 aliphatic rings. The number of carbonyl (C=O) groups is 3. The minimum atomic E-state index is -1.11. The van der Waals surface area contributed by atoms with E-state index in [-0.39, 0.29) is 11.3 Å². The van der Waals surface area contributed by atoms with Crippen molar-refractivity contribution < 1.29 is 23.5 Å². The van der Waals surface area contributed by atoms with Gasteiger partial charge in [0.2, 0.25) is 0 Å². The van der Waals surface area contributed by atoms with E-state index in [0.717, 1.165) is 5.69 Å². The molecule has 1 aromatic heterocycles. The second-order valence-corrected chi connectivity index (χ2v) is 6.76. The zero-order valence-electron chi connectivity index (χ0n) is 17.2. The Labute approximate surface area is 178 Å². The van der Waals surface area contributed by atoms with Crippen molar-refractivity contribution in [3.05, 3.63) is 77.4 Å². The number of halogens is 1. The lowest BCUT2D eigenvalue weighted by molar-refractivity contribution is -0.131. The van der Waals surface area contributed by atoms with Gasteiger partial charge in [0.25, 0.3) is 11.7 Å². The number of aryl methyl sites for hydroxylation is 1. The highest BCUT2D eigenvalue weighted by Gasteiger charge is 2.26. The third kappa shape index (κ3) is 4.77. The second-order valence-electron chi connectivity index (χ2n) is 6.76. The summed E-state index contributed by atoms with van der Waals surface area (Å²) in [6.45, 7) is 4.68. The third-order valence-corrected chi connectivity index (χ3v) is 4.53. The number of hydrazine groups is 1. The third-order valence-electron chi connectivity index (χ3n) is 4.53. The molecular formula is C22H21FN4O4. The number of Topliss-reactive ketones (excluding diaryl/α,β-unsaturated/α-hetero) is 1. The lowest BCUT2D eigenvalue weighted by Gasteiger charge is -2.15. The van der Waals surface area contributed by atoms with Crippen molar-refractivity contribution in [3.8, 4) is 11.4 Å². The average Bonchev–Trinajstić information content (AvgIpc) is 3.07. The number of carbonyl (C=O) groups excluding carboxylic acids is 3. The number of ether oxygens (including phenoxy) is 1. The number of ketones is 1. The molecule has 3 rings (SSSR count). The number of hydrogen-bond acceptors (Lipinski definition) is 5. The Morgan fingerprint density at radius 3 is 2.32 bits per heavy atom. The van der Waals surface area contributed by atoms with Gasteiger partial charge in [-0.1, -0.05) is 30.3 Å². The van der Waals surface area contributed by atoms with Crippen molar-refractivity contribution in [2.24, 2.45) is 0 Å². The Morgan fingerprint density at radius 1 is 1.00 bits per heavy atom. The predicted molar refractivity (Wildman–Crippen MR) is 110 cm³/mol. The van der Waals surface area contributed by atoms with Crippen molar-refractivity contribution >= 4 is 17.6 Å². The van der Waals surface area contributed by atoms with E-state index in [1.165, 1.54) is 25.1 Å². The number of rotatable bonds is 6. The molecule has 9 heteroatoms. The molecule has 3 aromatic rings. The van der Waals surface area contributed by atoms with E-state index in [0.29, 0.717) is 11.4 Å². The molecule has 1 heterocycles. The molecular weight excluding hydrogens is 403 g/mol. The number of nitrogens with one attached hydrogen (secondary N) is 2. The molecule has 0 radical (unpaired) electrons. The van der Waals surface area contributed by atoms with Crippen LogP contribution in [0.25, 0.3) is 5.69 Å². The van der Waals surface area contributed by atoms with Gasteiger partial charge in [-0.2, -0.15) is 5.10 Å². The molecule has 8 nitrogen and oxygen atoms in total. The molecule has 160 valence electrons. The molecule has 1 unspecified atom stereocenters. The normalized spacial score (nSPS) is 11.5. The minimum Gasteiger partial charge on any atom is -0.478 e. The molecule has 2 amide bonds. The number of amides is 2. The molecule has 0 spiro atoms. The predicted octanol–water partition coefficient (Wildman–Crippen LogP) is 2.43. The first-order valence-electron chi connectivity index (χ1n) is 9.47. The van der Waals surface area contributed by atoms with Gasteiger partial charge in [0.1, 0.15) is 0 Å². The van der Waals surface area contributed by atoms with E-state index < -0.39 is 29.5 Å². The van der Waals surface area contributed by atoms with Gasteiger partial charge in [-0.05, 0) is 45.0 Å². The number of hydrogen-bond donors (Lipinski definition) is 2. The van der Waals surface area contributed by atoms with E-state index in [9.17, 15) is 18.8 Å². The maximum atomic E-state index is 13.6. The molecule has 0 saturated carbocycles. The summed E-state index contributed by atoms with van der Waals surface area (Å²) in [5.74, 6) is -3.36. The number of nitrogens with zero attached hydrogens (tertiary/aromatic N) is 2. The van der Waals surface area contributed by atoms with Gasteiger partial charge < -0.3 is 4.74 Å². The van der Waals surface area contributed by atoms with Crippen LogP contribution in [0.15, 0.2) is 54.6 Å². The summed E-state index contributed by atoms with van der Waals surface area (Å²) >= 11 is 0. The Kier molecular flexibility index (Phi) is 6.44. The number of aromatic nitrogens is 2. The van der Waals surface area contributed by atoms with Crippen LogP contribution in [0, 0.1) is 19.7 Å². The fourth-order valence-corrected chi connectivity index (χ4v) is 2.97. The summed E-state index contributed by atoms with van der Waals surface area (Å²) in [6, 6.07) is 14.8. The standard InChI is InChI=1S/C22H21FN4O4/c1-13-19(14(2)27(26-13)16-9-5-4-6-10-16)20(28)22(30)25-24-21(29)15(3)31-18-12-8-7-11-17(18)23/h4-12,15H,1-3H3,(H,24,29)(H,25,30). The molecule has 0 bridgehead atoms. The van der Waals surface area contributed by atoms with Crippen LogP contribution in [0.2, 0.25) is 0 Å². The fraction of sp³-hybridized carbons (Fsp3) is 0.182. The van der Waals surface area contributed by atoms with Crippen LogP contribution < -0.4 is 15.6 Å². The maximum Gasteiger partial charge on any atom is 0.310 e. The molecule has 31 heavy (non-hydrogen) atoms. The lowest BCUT2D eigenvalue weighted by atomic mass is 10.1. The molecule has 0 aliphatic heterocycles. The van der Waals surface area contributed by atoms with Gasteiger partial charge in [0, 0.05) is 0 Å². The topological polar surface area (TPSA) is 102 Å². The first kappa shape index (κ1) is 21.7. The van der Waals surface area contributed by atoms with E-state index in [2.05, 4.69) is 16.0 Å². The van der Waals surface area contributed by atoms with Gasteiger partial charge >= 0.3 is 5.91 Å². The smallest absolute Gasteiger partial charge is 0.310 e. The summed E-state index contributed by atoms with van der Waals surface area (Å²) in [4.78, 5) is 37.1. The number of para-hydroxylation sites is 2. The Balaban J connectivity index is 1.65. The zero-order chi connectivity index (χ0) is 22.5. The quantitative estimate of drug-likeness (QED) is 0.360. The Hall–Kier alpha value is -4.01. The van der Waals surface area contributed by atoms with Gasteiger partial charge in [-0.15, -0.1) is 0 Å². The van der Waals surface area contributed by atoms with Crippen LogP contribution in [0.3, 0.4) is 0 Å². The van der Waals surface area contributed by atoms with Crippen LogP contribution >= 0.6 is 0 Å². The summed E-state index contributed by atoms with van der Waals surface area (Å²) in [5, 5.41) is 4.34. The largest absolute Gasteiger partial charge is 0.478 e. The average molecular weight is 424 g/mol. The van der Waals surface area contributed by atoms with E-state index in [1.54, 1.807) is 24.6 Å². The number of benzene rings is 2. The highest BCUT2D eigenvalue weighted by atomic mass is 19.1. The molecule has 2 aromatic carbocycles. The summed E-state index contributed by atoms with van der Waals surface area (Å²) in [6.07, 6.45) is -1.11. The first-order valence-corrected chi connectivity index (χ1v) is 9.47. The molecule has 1 atom stereocenters. The maximum absolute atomic E-state index is 13.6. The summed E-state index contributed by atoms with van der Waals surface area (Å²) in [7, 11) is 0. The van der Waals surface area contributed by atoms with Crippen molar-refractivity contribution in [2.75, 3.05) is 0 Å². The highest BCUT2D eigenvalue weighted by molar-refractivity contribution is 6.43. The Morgan fingerprint density at radius 2 is 1.65 bits per heavy atom. The van der Waals surface area contributed by atoms with Crippen molar-refractivity contribution in [3.63, 3.8) is 0 Å². The Bertz CT molecular complexity index is 1130. The van der Waals surface area contributed by atoms with Crippen molar-refractivity contribution in [2.45, 2.75) is 26.9 Å². The lowest BCUT2D eigenvalue weighted by Crippen LogP contribution is -2.49. The monoisotopic (exact) mass is 424 g/mol. The molecule has 0 saturated heterocycles. The van der Waals surface area contributed by atoms with Crippen LogP contribution in [0.1, 0.15) is 28.7 Å². The first-order chi connectivity index (χ1) is 14.8. The van der Waals surface area contributed by atoms with E-state index in [1.807, 2.05) is 30.3 Å². The van der Waals surface area contributed by atoms with Gasteiger partial charge in [0.15, 0.2) is 17.7 Å². The van der Waals surface area contributed by atoms with E-state index >= 15 is 0 Å². The van der Waals surface area contributed by atoms with Crippen LogP contribution in [-0.4, -0.2) is 33.5 Å². The zero-order valence-corrected chi connectivity index (χ0v) is 17.2. The molecule has 0 aliphatic carbocycles. The van der Waals surface area contributed by atoms with Crippen molar-refractivity contribution in [1.29, 1.82) is 0 Å². The van der Waals surface area contributed by atoms with Crippen molar-refractivity contribution in [1.82, 2.24) is 20.6 Å². The second kappa shape index (κ2) is 9.21. The van der Waals surface area contributed by atoms with Gasteiger partial charge in [-0.3, -0.25) is 25.2 Å². The van der Waals surface area contributed by atoms with Crippen LogP contribution in [0.5, 0.6) is 5.75 Å². The van der Waals surface area contributed by atoms with Crippen LogP contribution in [-0.2, 0) is 9.59 Å². The SMILES string of the molecule is Cc1nn(-c2ccccc2)c(C)c1C(=O)C(=O)NNC(=O)C(C)Oc1ccccc1F. The van der Waals surface area contributed by atoms with Gasteiger partial charge in [0.05, 0.1) is 22.6 Å². The van der Waals surface area contributed by atoms with E-state index in [4.69, 9.17) is 4.74 Å². The van der Waals surface area contributed by atoms with Gasteiger partial charge in [-0.25, -0.2) is 9.07 Å². The summed E-state index contributed by atoms with van der Waals surface area (Å²) < 4.78 is 20.4. The minimum absolute atomic E-state index is 0.105.